The van der Waals surface area contributed by atoms with Gasteiger partial charge in [0.25, 0.3) is 11.8 Å². The van der Waals surface area contributed by atoms with Gasteiger partial charge in [0, 0.05) is 18.2 Å². The first-order chi connectivity index (χ1) is 14.4. The molecule has 3 rings (SSSR count). The van der Waals surface area contributed by atoms with Gasteiger partial charge in [0.05, 0.1) is 7.11 Å². The van der Waals surface area contributed by atoms with E-state index in [9.17, 15) is 14.4 Å². The Morgan fingerprint density at radius 3 is 2.20 bits per heavy atom. The van der Waals surface area contributed by atoms with Crippen LogP contribution in [0.3, 0.4) is 0 Å². The molecule has 0 radical (unpaired) electrons. The Morgan fingerprint density at radius 1 is 1.00 bits per heavy atom. The van der Waals surface area contributed by atoms with Crippen LogP contribution in [0.2, 0.25) is 0 Å². The molecule has 3 aromatic rings. The molecule has 0 aliphatic carbocycles. The zero-order valence-electron chi connectivity index (χ0n) is 16.1. The SMILES string of the molecule is COc1ccc(Nc2nc(C(N)=O)c(NC(=O)c3ccc(OC(C)=O)cc3)s2)cc1. The summed E-state index contributed by atoms with van der Waals surface area (Å²) in [6.45, 7) is 1.29. The van der Waals surface area contributed by atoms with Crippen LogP contribution in [0.4, 0.5) is 15.8 Å². The zero-order valence-corrected chi connectivity index (χ0v) is 16.9. The zero-order chi connectivity index (χ0) is 21.7. The second kappa shape index (κ2) is 9.05. The van der Waals surface area contributed by atoms with Crippen LogP contribution >= 0.6 is 11.3 Å². The first kappa shape index (κ1) is 20.8. The fourth-order valence-electron chi connectivity index (χ4n) is 2.44. The lowest BCUT2D eigenvalue weighted by Gasteiger charge is -2.05. The van der Waals surface area contributed by atoms with Crippen LogP contribution in [0.25, 0.3) is 0 Å². The molecule has 0 aliphatic rings. The number of esters is 1. The molecule has 10 heteroatoms. The number of nitrogens with zero attached hydrogens (tertiary/aromatic N) is 1. The average Bonchev–Trinajstić information content (AvgIpc) is 3.11. The number of hydrogen-bond acceptors (Lipinski definition) is 8. The molecular weight excluding hydrogens is 408 g/mol. The second-order valence-corrected chi connectivity index (χ2v) is 6.99. The van der Waals surface area contributed by atoms with Crippen molar-refractivity contribution in [3.8, 4) is 11.5 Å². The number of aromatic nitrogens is 1. The molecular formula is C20H18N4O5S. The van der Waals surface area contributed by atoms with Crippen LogP contribution in [0.15, 0.2) is 48.5 Å². The van der Waals surface area contributed by atoms with Crippen molar-refractivity contribution in [3.63, 3.8) is 0 Å². The molecule has 30 heavy (non-hydrogen) atoms. The Morgan fingerprint density at radius 2 is 1.63 bits per heavy atom. The number of thiazole rings is 1. The molecule has 0 atom stereocenters. The monoisotopic (exact) mass is 426 g/mol. The number of carbonyl (C=O) groups is 3. The first-order valence-electron chi connectivity index (χ1n) is 8.67. The van der Waals surface area contributed by atoms with Crippen molar-refractivity contribution in [2.24, 2.45) is 5.73 Å². The molecule has 4 N–H and O–H groups in total. The minimum atomic E-state index is -0.769. The predicted octanol–water partition coefficient (Wildman–Crippen LogP) is 3.17. The molecule has 9 nitrogen and oxygen atoms in total. The first-order valence-corrected chi connectivity index (χ1v) is 9.49. The van der Waals surface area contributed by atoms with Crippen LogP contribution in [0, 0.1) is 0 Å². The van der Waals surface area contributed by atoms with E-state index in [1.54, 1.807) is 31.4 Å². The number of nitrogens with one attached hydrogen (secondary N) is 2. The Balaban J connectivity index is 1.76. The van der Waals surface area contributed by atoms with Crippen molar-refractivity contribution < 1.29 is 23.9 Å². The van der Waals surface area contributed by atoms with Crippen LogP contribution in [-0.4, -0.2) is 29.9 Å². The van der Waals surface area contributed by atoms with Crippen molar-refractivity contribution in [1.82, 2.24) is 4.98 Å². The average molecular weight is 426 g/mol. The normalized spacial score (nSPS) is 10.2. The third kappa shape index (κ3) is 5.11. The van der Waals surface area contributed by atoms with Crippen LogP contribution in [0.5, 0.6) is 11.5 Å². The van der Waals surface area contributed by atoms with Gasteiger partial charge < -0.3 is 25.8 Å². The van der Waals surface area contributed by atoms with E-state index in [1.807, 2.05) is 0 Å². The summed E-state index contributed by atoms with van der Waals surface area (Å²) in [6.07, 6.45) is 0. The van der Waals surface area contributed by atoms with Gasteiger partial charge in [-0.1, -0.05) is 11.3 Å². The summed E-state index contributed by atoms with van der Waals surface area (Å²) in [5.74, 6) is -0.674. The van der Waals surface area contributed by atoms with E-state index in [0.29, 0.717) is 22.2 Å². The van der Waals surface area contributed by atoms with Crippen molar-refractivity contribution >= 4 is 44.9 Å². The summed E-state index contributed by atoms with van der Waals surface area (Å²) in [7, 11) is 1.57. The molecule has 0 saturated heterocycles. The van der Waals surface area contributed by atoms with Gasteiger partial charge in [-0.3, -0.25) is 14.4 Å². The molecule has 0 aliphatic heterocycles. The maximum atomic E-state index is 12.5. The number of primary amides is 1. The Hall–Kier alpha value is -3.92. The van der Waals surface area contributed by atoms with E-state index in [0.717, 1.165) is 17.0 Å². The fourth-order valence-corrected chi connectivity index (χ4v) is 3.32. The van der Waals surface area contributed by atoms with Gasteiger partial charge in [-0.2, -0.15) is 0 Å². The molecule has 0 spiro atoms. The summed E-state index contributed by atoms with van der Waals surface area (Å²) in [5.41, 5.74) is 6.37. The molecule has 1 aromatic heterocycles. The largest absolute Gasteiger partial charge is 0.497 e. The smallest absolute Gasteiger partial charge is 0.308 e. The number of ether oxygens (including phenoxy) is 2. The van der Waals surface area contributed by atoms with Gasteiger partial charge in [-0.15, -0.1) is 0 Å². The van der Waals surface area contributed by atoms with Crippen molar-refractivity contribution in [2.45, 2.75) is 6.92 Å². The second-order valence-electron chi connectivity index (χ2n) is 5.99. The summed E-state index contributed by atoms with van der Waals surface area (Å²) in [5, 5.41) is 6.29. The van der Waals surface area contributed by atoms with E-state index in [2.05, 4.69) is 15.6 Å². The molecule has 2 amide bonds. The highest BCUT2D eigenvalue weighted by atomic mass is 32.1. The summed E-state index contributed by atoms with van der Waals surface area (Å²) < 4.78 is 10.0. The van der Waals surface area contributed by atoms with Crippen molar-refractivity contribution in [3.05, 3.63) is 59.8 Å². The third-order valence-corrected chi connectivity index (χ3v) is 4.69. The topological polar surface area (TPSA) is 133 Å². The number of benzene rings is 2. The van der Waals surface area contributed by atoms with Crippen molar-refractivity contribution in [1.29, 1.82) is 0 Å². The number of anilines is 3. The fraction of sp³-hybridized carbons (Fsp3) is 0.100. The van der Waals surface area contributed by atoms with Gasteiger partial charge in [-0.05, 0) is 48.5 Å². The Bertz CT molecular complexity index is 1080. The highest BCUT2D eigenvalue weighted by Crippen LogP contribution is 2.31. The minimum absolute atomic E-state index is 0.0547. The van der Waals surface area contributed by atoms with E-state index >= 15 is 0 Å². The number of rotatable bonds is 7. The maximum absolute atomic E-state index is 12.5. The van der Waals surface area contributed by atoms with Gasteiger partial charge >= 0.3 is 5.97 Å². The molecule has 0 bridgehead atoms. The molecule has 1 heterocycles. The van der Waals surface area contributed by atoms with Gasteiger partial charge in [0.2, 0.25) is 0 Å². The van der Waals surface area contributed by atoms with Crippen molar-refractivity contribution in [2.75, 3.05) is 17.7 Å². The number of nitrogens with two attached hydrogens (primary N) is 1. The highest BCUT2D eigenvalue weighted by molar-refractivity contribution is 7.20. The van der Waals surface area contributed by atoms with E-state index in [4.69, 9.17) is 15.2 Å². The van der Waals surface area contributed by atoms with E-state index in [-0.39, 0.29) is 10.7 Å². The van der Waals surface area contributed by atoms with Gasteiger partial charge in [-0.25, -0.2) is 4.98 Å². The number of methoxy groups -OCH3 is 1. The quantitative estimate of drug-likeness (QED) is 0.390. The molecule has 0 saturated carbocycles. The lowest BCUT2D eigenvalue weighted by atomic mass is 10.2. The Kier molecular flexibility index (Phi) is 6.28. The summed E-state index contributed by atoms with van der Waals surface area (Å²) in [4.78, 5) is 39.4. The van der Waals surface area contributed by atoms with E-state index < -0.39 is 17.8 Å². The summed E-state index contributed by atoms with van der Waals surface area (Å²) >= 11 is 1.07. The molecule has 0 fully saturated rings. The molecule has 0 unspecified atom stereocenters. The van der Waals surface area contributed by atoms with Gasteiger partial charge in [0.15, 0.2) is 10.8 Å². The number of carbonyl (C=O) groups excluding carboxylic acids is 3. The Labute approximate surface area is 175 Å². The number of hydrogen-bond donors (Lipinski definition) is 3. The lowest BCUT2D eigenvalue weighted by molar-refractivity contribution is -0.131. The number of amides is 2. The highest BCUT2D eigenvalue weighted by Gasteiger charge is 2.19. The van der Waals surface area contributed by atoms with Crippen LogP contribution < -0.4 is 25.8 Å². The minimum Gasteiger partial charge on any atom is -0.497 e. The van der Waals surface area contributed by atoms with Gasteiger partial charge in [0.1, 0.15) is 16.5 Å². The van der Waals surface area contributed by atoms with E-state index in [1.165, 1.54) is 31.2 Å². The van der Waals surface area contributed by atoms with Crippen LogP contribution in [-0.2, 0) is 4.79 Å². The standard InChI is InChI=1S/C20H18N4O5S/c1-11(25)29-15-7-3-12(4-8-15)18(27)24-19-16(17(21)26)23-20(30-19)22-13-5-9-14(28-2)10-6-13/h3-10H,1-2H3,(H2,21,26)(H,22,23)(H,24,27). The maximum Gasteiger partial charge on any atom is 0.308 e. The lowest BCUT2D eigenvalue weighted by Crippen LogP contribution is -2.17. The predicted molar refractivity (Wildman–Crippen MR) is 113 cm³/mol. The molecule has 2 aromatic carbocycles. The summed E-state index contributed by atoms with van der Waals surface area (Å²) in [6, 6.07) is 13.1. The van der Waals surface area contributed by atoms with Crippen LogP contribution in [0.1, 0.15) is 27.8 Å². The molecule has 154 valence electrons. The third-order valence-electron chi connectivity index (χ3n) is 3.81.